The van der Waals surface area contributed by atoms with Gasteiger partial charge in [-0.05, 0) is 196 Å². The molecule has 0 amide bonds. The van der Waals surface area contributed by atoms with Crippen molar-refractivity contribution < 1.29 is 44.2 Å². The Morgan fingerprint density at radius 3 is 1.31 bits per heavy atom. The van der Waals surface area contributed by atoms with Crippen LogP contribution in [0, 0.1) is 27.7 Å². The topological polar surface area (TPSA) is 143 Å². The molecule has 4 N–H and O–H groups in total. The second-order valence-corrected chi connectivity index (χ2v) is 21.1. The Labute approximate surface area is 451 Å². The number of hydrogen-bond acceptors (Lipinski definition) is 8. The van der Waals surface area contributed by atoms with Crippen LogP contribution in [0.15, 0.2) is 84.9 Å². The Morgan fingerprint density at radius 1 is 0.600 bits per heavy atom. The average Bonchev–Trinajstić information content (AvgIpc) is 3.84. The summed E-state index contributed by atoms with van der Waals surface area (Å²) in [7, 11) is 0. The van der Waals surface area contributed by atoms with E-state index in [4.69, 9.17) is 19.3 Å². The van der Waals surface area contributed by atoms with Crippen molar-refractivity contribution in [3.05, 3.63) is 141 Å². The van der Waals surface area contributed by atoms with Crippen LogP contribution in [0.5, 0.6) is 11.5 Å². The van der Waals surface area contributed by atoms with Gasteiger partial charge in [-0.25, -0.2) is 0 Å². The van der Waals surface area contributed by atoms with Crippen molar-refractivity contribution in [1.82, 2.24) is 0 Å². The maximum atomic E-state index is 11.4. The van der Waals surface area contributed by atoms with Crippen LogP contribution in [0.1, 0.15) is 215 Å². The number of cyclic esters (lactones) is 1. The fraction of sp³-hybridized carbons (Fsp3) is 0.545. The molecule has 2 atom stereocenters. The van der Waals surface area contributed by atoms with Gasteiger partial charge in [-0.1, -0.05) is 130 Å². The third kappa shape index (κ3) is 15.5. The van der Waals surface area contributed by atoms with E-state index in [0.717, 1.165) is 61.8 Å². The van der Waals surface area contributed by atoms with E-state index in [1.165, 1.54) is 55.7 Å². The van der Waals surface area contributed by atoms with Gasteiger partial charge in [-0.3, -0.25) is 9.59 Å². The molecule has 1 fully saturated rings. The number of hydrogen-bond donors (Lipinski definition) is 4. The number of ether oxygens (including phenoxy) is 3. The highest BCUT2D eigenvalue weighted by molar-refractivity contribution is 5.72. The summed E-state index contributed by atoms with van der Waals surface area (Å²) in [5.41, 5.74) is 12.7. The molecule has 4 aromatic rings. The molecule has 412 valence electrons. The molecule has 0 radical (unpaired) electrons. The molecule has 0 unspecified atom stereocenters. The lowest BCUT2D eigenvalue weighted by molar-refractivity contribution is -0.142. The van der Waals surface area contributed by atoms with E-state index in [-0.39, 0.29) is 42.4 Å². The summed E-state index contributed by atoms with van der Waals surface area (Å²) in [6.07, 6.45) is 12.9. The van der Waals surface area contributed by atoms with Crippen LogP contribution >= 0.6 is 0 Å². The molecular formula is C66H94O9. The number of rotatable bonds is 27. The summed E-state index contributed by atoms with van der Waals surface area (Å²) < 4.78 is 17.2. The molecule has 5 rings (SSSR count). The first kappa shape index (κ1) is 62.3. The predicted molar refractivity (Wildman–Crippen MR) is 308 cm³/mol. The highest BCUT2D eigenvalue weighted by Crippen LogP contribution is 2.44. The zero-order chi connectivity index (χ0) is 55.7. The minimum Gasteiger partial charge on any atom is -0.491 e. The Hall–Kier alpha value is -5.22. The van der Waals surface area contributed by atoms with Gasteiger partial charge in [0.15, 0.2) is 0 Å². The normalized spacial score (nSPS) is 15.1. The van der Waals surface area contributed by atoms with E-state index < -0.39 is 23.3 Å². The second kappa shape index (κ2) is 28.2. The first-order valence-corrected chi connectivity index (χ1v) is 28.3. The van der Waals surface area contributed by atoms with Crippen LogP contribution in [-0.2, 0) is 25.2 Å². The number of allylic oxidation sites excluding steroid dienone is 2. The summed E-state index contributed by atoms with van der Waals surface area (Å²) >= 11 is 0. The quantitative estimate of drug-likeness (QED) is 0.0429. The van der Waals surface area contributed by atoms with Crippen LogP contribution in [0.25, 0.3) is 11.1 Å². The standard InChI is InChI=1S/C33H48O5.C33H46O4/c1-8-25(21-32(37,9-2)10-3)29-16-13-26(19-23(29)6)33(11-4,12-5)27-14-17-30(24(7)20-27)38-22-28(34)15-18-31(35)36;1-8-25(21-32(35,9-2)10-3)29-16-13-26(19-23(29)6)33(11-4,12-5)27-14-17-30(24(7)20-27)36-22-28-15-18-31(34)37-28/h13-14,16-17,19-21,28,34,37H,8-12,15,18,22H2,1-7H3,(H,35,36);13-14,16-17,19-21,28,35H,8-12,15,18,22H2,1-7H3/b2*25-21+/t2*28-/m00/s1. The lowest BCUT2D eigenvalue weighted by atomic mass is 9.69. The Kier molecular flexibility index (Phi) is 23.5. The summed E-state index contributed by atoms with van der Waals surface area (Å²) in [5.74, 6) is 0.489. The van der Waals surface area contributed by atoms with Gasteiger partial charge < -0.3 is 34.6 Å². The molecule has 9 nitrogen and oxygen atoms in total. The molecule has 75 heavy (non-hydrogen) atoms. The maximum Gasteiger partial charge on any atom is 0.306 e. The van der Waals surface area contributed by atoms with Crippen molar-refractivity contribution in [2.45, 2.75) is 221 Å². The van der Waals surface area contributed by atoms with Crippen LogP contribution in [0.4, 0.5) is 0 Å². The molecule has 0 spiro atoms. The molecular weight excluding hydrogens is 937 g/mol. The number of esters is 1. The zero-order valence-electron chi connectivity index (χ0n) is 48.4. The van der Waals surface area contributed by atoms with Crippen molar-refractivity contribution in [3.8, 4) is 11.5 Å². The van der Waals surface area contributed by atoms with E-state index >= 15 is 0 Å². The number of aliphatic carboxylic acids is 1. The van der Waals surface area contributed by atoms with E-state index in [1.54, 1.807) is 0 Å². The smallest absolute Gasteiger partial charge is 0.306 e. The summed E-state index contributed by atoms with van der Waals surface area (Å²) in [5, 5.41) is 40.7. The lowest BCUT2D eigenvalue weighted by Crippen LogP contribution is -2.26. The highest BCUT2D eigenvalue weighted by atomic mass is 16.6. The van der Waals surface area contributed by atoms with E-state index in [0.29, 0.717) is 44.5 Å². The number of benzene rings is 4. The number of carbonyl (C=O) groups excluding carboxylic acids is 1. The van der Waals surface area contributed by atoms with Crippen LogP contribution in [-0.4, -0.2) is 69.0 Å². The second-order valence-electron chi connectivity index (χ2n) is 21.1. The van der Waals surface area contributed by atoms with E-state index in [9.17, 15) is 24.9 Å². The van der Waals surface area contributed by atoms with Gasteiger partial charge >= 0.3 is 11.9 Å². The average molecular weight is 1030 g/mol. The van der Waals surface area contributed by atoms with Crippen molar-refractivity contribution in [2.24, 2.45) is 0 Å². The Balaban J connectivity index is 0.000000325. The highest BCUT2D eigenvalue weighted by Gasteiger charge is 2.34. The molecule has 9 heteroatoms. The maximum absolute atomic E-state index is 11.4. The Morgan fingerprint density at radius 2 is 0.987 bits per heavy atom. The van der Waals surface area contributed by atoms with Crippen molar-refractivity contribution >= 4 is 23.1 Å². The molecule has 0 aromatic heterocycles. The molecule has 1 heterocycles. The van der Waals surface area contributed by atoms with Crippen molar-refractivity contribution in [2.75, 3.05) is 13.2 Å². The van der Waals surface area contributed by atoms with Gasteiger partial charge in [0.05, 0.1) is 17.3 Å². The number of carboxylic acids is 1. The first-order chi connectivity index (χ1) is 35.6. The number of aliphatic hydroxyl groups excluding tert-OH is 1. The first-order valence-electron chi connectivity index (χ1n) is 28.3. The van der Waals surface area contributed by atoms with Crippen LogP contribution in [0.3, 0.4) is 0 Å². The lowest BCUT2D eigenvalue weighted by Gasteiger charge is -2.34. The third-order valence-corrected chi connectivity index (χ3v) is 16.7. The molecule has 1 aliphatic heterocycles. The van der Waals surface area contributed by atoms with Gasteiger partial charge in [0.25, 0.3) is 0 Å². The van der Waals surface area contributed by atoms with Gasteiger partial charge in [-0.2, -0.15) is 0 Å². The summed E-state index contributed by atoms with van der Waals surface area (Å²) in [6, 6.07) is 26.4. The molecule has 0 bridgehead atoms. The van der Waals surface area contributed by atoms with E-state index in [1.807, 2.05) is 40.7 Å². The largest absolute Gasteiger partial charge is 0.491 e. The number of aliphatic hydroxyl groups is 3. The molecule has 1 aliphatic rings. The number of aryl methyl sites for hydroxylation is 4. The minimum absolute atomic E-state index is 0.0687. The zero-order valence-corrected chi connectivity index (χ0v) is 48.4. The minimum atomic E-state index is -0.923. The number of carbonyl (C=O) groups is 2. The summed E-state index contributed by atoms with van der Waals surface area (Å²) in [4.78, 5) is 22.1. The van der Waals surface area contributed by atoms with Crippen LogP contribution in [0.2, 0.25) is 0 Å². The molecule has 1 saturated heterocycles. The molecule has 0 aliphatic carbocycles. The van der Waals surface area contributed by atoms with E-state index in [2.05, 4.69) is 141 Å². The molecule has 4 aromatic carbocycles. The fourth-order valence-corrected chi connectivity index (χ4v) is 11.1. The Bertz CT molecular complexity index is 2550. The van der Waals surface area contributed by atoms with Crippen LogP contribution < -0.4 is 9.47 Å². The molecule has 0 saturated carbocycles. The number of carboxylic acid groups (broad SMARTS) is 1. The predicted octanol–water partition coefficient (Wildman–Crippen LogP) is 15.2. The van der Waals surface area contributed by atoms with Gasteiger partial charge in [-0.15, -0.1) is 0 Å². The fourth-order valence-electron chi connectivity index (χ4n) is 11.1. The van der Waals surface area contributed by atoms with Gasteiger partial charge in [0.1, 0.15) is 30.8 Å². The van der Waals surface area contributed by atoms with Crippen molar-refractivity contribution in [1.29, 1.82) is 0 Å². The summed E-state index contributed by atoms with van der Waals surface area (Å²) in [6.45, 7) is 30.3. The SMILES string of the molecule is CC/C(=C\C(O)(CC)CC)c1ccc(C(CC)(CC)c2ccc(OC[C@@H](O)CCC(=O)O)c(C)c2)cc1C.CC/C(=C\C(O)(CC)CC)c1ccc(C(CC)(CC)c2ccc(OC[C@@H]3CCC(=O)O3)c(C)c2)cc1C. The van der Waals surface area contributed by atoms with Gasteiger partial charge in [0, 0.05) is 23.7 Å². The van der Waals surface area contributed by atoms with Crippen molar-refractivity contribution in [3.63, 3.8) is 0 Å². The van der Waals surface area contributed by atoms with Gasteiger partial charge in [0.2, 0.25) is 0 Å². The monoisotopic (exact) mass is 1030 g/mol. The third-order valence-electron chi connectivity index (χ3n) is 16.7.